The molecule has 1 unspecified atom stereocenters. The summed E-state index contributed by atoms with van der Waals surface area (Å²) in [4.78, 5) is 32.6. The molecule has 0 bridgehead atoms. The van der Waals surface area contributed by atoms with Gasteiger partial charge < -0.3 is 19.9 Å². The number of hydrogen-bond acceptors (Lipinski definition) is 4. The number of ether oxygens (including phenoxy) is 1. The Morgan fingerprint density at radius 1 is 1.38 bits per heavy atom. The van der Waals surface area contributed by atoms with Crippen molar-refractivity contribution in [2.75, 3.05) is 13.7 Å². The van der Waals surface area contributed by atoms with E-state index in [-0.39, 0.29) is 18.0 Å². The monoisotopic (exact) mass is 364 g/mol. The number of aromatic amines is 1. The van der Waals surface area contributed by atoms with E-state index >= 15 is 0 Å². The van der Waals surface area contributed by atoms with Gasteiger partial charge in [-0.15, -0.1) is 0 Å². The van der Waals surface area contributed by atoms with E-state index < -0.39 is 23.8 Å². The molecule has 138 valence electrons. The van der Waals surface area contributed by atoms with Crippen molar-refractivity contribution in [1.82, 2.24) is 20.2 Å². The first-order valence-corrected chi connectivity index (χ1v) is 8.05. The van der Waals surface area contributed by atoms with Crippen LogP contribution in [0.2, 0.25) is 0 Å². The Morgan fingerprint density at radius 3 is 2.85 bits per heavy atom. The maximum absolute atomic E-state index is 13.9. The average Bonchev–Trinajstić information content (AvgIpc) is 3.03. The van der Waals surface area contributed by atoms with E-state index in [1.165, 1.54) is 13.2 Å². The number of methoxy groups -OCH3 is 1. The third kappa shape index (κ3) is 3.51. The maximum Gasteiger partial charge on any atom is 0.407 e. The van der Waals surface area contributed by atoms with E-state index in [9.17, 15) is 18.4 Å². The zero-order chi connectivity index (χ0) is 18.8. The maximum atomic E-state index is 13.9. The highest BCUT2D eigenvalue weighted by atomic mass is 19.1. The molecule has 0 fully saturated rings. The predicted molar refractivity (Wildman–Crippen MR) is 88.1 cm³/mol. The molecule has 1 aromatic carbocycles. The minimum absolute atomic E-state index is 0.166. The lowest BCUT2D eigenvalue weighted by molar-refractivity contribution is -0.133. The molecule has 1 aliphatic heterocycles. The van der Waals surface area contributed by atoms with Gasteiger partial charge in [0.1, 0.15) is 23.5 Å². The van der Waals surface area contributed by atoms with E-state index in [2.05, 4.69) is 20.0 Å². The molecule has 3 rings (SSSR count). The van der Waals surface area contributed by atoms with Crippen molar-refractivity contribution in [2.45, 2.75) is 25.9 Å². The van der Waals surface area contributed by atoms with E-state index in [1.54, 1.807) is 11.8 Å². The molecule has 0 saturated heterocycles. The van der Waals surface area contributed by atoms with Crippen molar-refractivity contribution < 1.29 is 23.1 Å². The number of benzene rings is 1. The van der Waals surface area contributed by atoms with Crippen molar-refractivity contribution in [3.8, 4) is 11.4 Å². The van der Waals surface area contributed by atoms with Crippen LogP contribution in [0, 0.1) is 11.6 Å². The van der Waals surface area contributed by atoms with Gasteiger partial charge in [0.25, 0.3) is 0 Å². The number of nitrogens with zero attached hydrogens (tertiary/aromatic N) is 2. The quantitative estimate of drug-likeness (QED) is 0.872. The normalized spacial score (nSPS) is 14.5. The second-order valence-electron chi connectivity index (χ2n) is 6.00. The largest absolute Gasteiger partial charge is 0.453 e. The number of halogens is 2. The molecule has 2 aromatic rings. The summed E-state index contributed by atoms with van der Waals surface area (Å²) in [5, 5.41) is 2.43. The van der Waals surface area contributed by atoms with Crippen molar-refractivity contribution in [1.29, 1.82) is 0 Å². The standard InChI is InChI=1S/C17H18F2N4O3/c1-9(20-17(25)26-2)16(24)23-6-5-13-14(8-23)22-15(21-13)11-4-3-10(18)7-12(11)19/h3-4,7,9H,5-6,8H2,1-2H3,(H,20,25)(H,21,22). The fourth-order valence-corrected chi connectivity index (χ4v) is 2.86. The number of carbonyl (C=O) groups is 2. The van der Waals surface area contributed by atoms with Crippen molar-refractivity contribution in [2.24, 2.45) is 0 Å². The first-order chi connectivity index (χ1) is 12.4. The lowest BCUT2D eigenvalue weighted by atomic mass is 10.1. The first-order valence-electron chi connectivity index (χ1n) is 8.05. The molecule has 1 atom stereocenters. The number of H-pyrrole nitrogens is 1. The minimum Gasteiger partial charge on any atom is -0.453 e. The molecule has 1 aromatic heterocycles. The Morgan fingerprint density at radius 2 is 2.15 bits per heavy atom. The third-order valence-corrected chi connectivity index (χ3v) is 4.22. The highest BCUT2D eigenvalue weighted by molar-refractivity contribution is 5.85. The van der Waals surface area contributed by atoms with Gasteiger partial charge in [-0.05, 0) is 19.1 Å². The summed E-state index contributed by atoms with van der Waals surface area (Å²) in [5.41, 5.74) is 1.59. The van der Waals surface area contributed by atoms with Gasteiger partial charge in [0.15, 0.2) is 0 Å². The molecule has 2 heterocycles. The molecule has 0 saturated carbocycles. The van der Waals surface area contributed by atoms with Crippen LogP contribution in [-0.4, -0.2) is 46.6 Å². The summed E-state index contributed by atoms with van der Waals surface area (Å²) >= 11 is 0. The van der Waals surface area contributed by atoms with Crippen LogP contribution in [0.3, 0.4) is 0 Å². The van der Waals surface area contributed by atoms with Gasteiger partial charge in [0, 0.05) is 19.0 Å². The number of aromatic nitrogens is 2. The molecule has 7 nitrogen and oxygen atoms in total. The van der Waals surface area contributed by atoms with E-state index in [0.29, 0.717) is 24.5 Å². The Balaban J connectivity index is 1.76. The second-order valence-corrected chi connectivity index (χ2v) is 6.00. The number of alkyl carbamates (subject to hydrolysis) is 1. The topological polar surface area (TPSA) is 87.3 Å². The average molecular weight is 364 g/mol. The molecule has 2 N–H and O–H groups in total. The van der Waals surface area contributed by atoms with E-state index in [4.69, 9.17) is 0 Å². The zero-order valence-electron chi connectivity index (χ0n) is 14.3. The molecule has 2 amide bonds. The number of imidazole rings is 1. The van der Waals surface area contributed by atoms with Crippen molar-refractivity contribution >= 4 is 12.0 Å². The van der Waals surface area contributed by atoms with Gasteiger partial charge in [0.2, 0.25) is 5.91 Å². The highest BCUT2D eigenvalue weighted by Crippen LogP contribution is 2.25. The number of nitrogens with one attached hydrogen (secondary N) is 2. The number of rotatable bonds is 3. The van der Waals surface area contributed by atoms with Gasteiger partial charge in [0.05, 0.1) is 30.6 Å². The highest BCUT2D eigenvalue weighted by Gasteiger charge is 2.28. The lowest BCUT2D eigenvalue weighted by Gasteiger charge is -2.28. The smallest absolute Gasteiger partial charge is 0.407 e. The Hall–Kier alpha value is -2.97. The summed E-state index contributed by atoms with van der Waals surface area (Å²) in [7, 11) is 1.22. The SMILES string of the molecule is COC(=O)NC(C)C(=O)N1CCc2nc(-c3ccc(F)cc3F)[nH]c2C1. The molecule has 0 spiro atoms. The van der Waals surface area contributed by atoms with Crippen LogP contribution in [0.4, 0.5) is 13.6 Å². The zero-order valence-corrected chi connectivity index (χ0v) is 14.3. The lowest BCUT2D eigenvalue weighted by Crippen LogP contribution is -2.48. The number of fused-ring (bicyclic) bond motifs is 1. The summed E-state index contributed by atoms with van der Waals surface area (Å²) in [6, 6.07) is 2.55. The molecule has 26 heavy (non-hydrogen) atoms. The van der Waals surface area contributed by atoms with E-state index in [1.807, 2.05) is 0 Å². The first kappa shape index (κ1) is 17.8. The van der Waals surface area contributed by atoms with Crippen LogP contribution in [0.5, 0.6) is 0 Å². The van der Waals surface area contributed by atoms with Gasteiger partial charge in [-0.1, -0.05) is 0 Å². The Bertz CT molecular complexity index is 853. The van der Waals surface area contributed by atoms with Crippen molar-refractivity contribution in [3.05, 3.63) is 41.2 Å². The summed E-state index contributed by atoms with van der Waals surface area (Å²) in [6.07, 6.45) is -0.190. The Labute approximate surface area is 148 Å². The molecule has 0 aliphatic carbocycles. The van der Waals surface area contributed by atoms with Gasteiger partial charge in [-0.25, -0.2) is 18.6 Å². The summed E-state index contributed by atoms with van der Waals surface area (Å²) < 4.78 is 31.5. The van der Waals surface area contributed by atoms with Gasteiger partial charge in [-0.2, -0.15) is 0 Å². The van der Waals surface area contributed by atoms with Crippen LogP contribution in [0.1, 0.15) is 18.3 Å². The summed E-state index contributed by atoms with van der Waals surface area (Å²) in [6.45, 7) is 2.26. The molecular weight excluding hydrogens is 346 g/mol. The fraction of sp³-hybridized carbons (Fsp3) is 0.353. The van der Waals surface area contributed by atoms with Gasteiger partial charge >= 0.3 is 6.09 Å². The van der Waals surface area contributed by atoms with Crippen molar-refractivity contribution in [3.63, 3.8) is 0 Å². The van der Waals surface area contributed by atoms with Crippen LogP contribution in [0.15, 0.2) is 18.2 Å². The molecular formula is C17H18F2N4O3. The van der Waals surface area contributed by atoms with E-state index in [0.717, 1.165) is 17.8 Å². The molecule has 1 aliphatic rings. The van der Waals surface area contributed by atoms with Crippen LogP contribution in [0.25, 0.3) is 11.4 Å². The minimum atomic E-state index is -0.735. The van der Waals surface area contributed by atoms with Crippen LogP contribution >= 0.6 is 0 Å². The number of hydrogen-bond donors (Lipinski definition) is 2. The molecule has 0 radical (unpaired) electrons. The predicted octanol–water partition coefficient (Wildman–Crippen LogP) is 1.98. The Kier molecular flexibility index (Phi) is 4.88. The molecule has 9 heteroatoms. The fourth-order valence-electron chi connectivity index (χ4n) is 2.86. The van der Waals surface area contributed by atoms with Crippen LogP contribution < -0.4 is 5.32 Å². The van der Waals surface area contributed by atoms with Gasteiger partial charge in [-0.3, -0.25) is 4.79 Å². The summed E-state index contributed by atoms with van der Waals surface area (Å²) in [5.74, 6) is -1.33. The number of amides is 2. The third-order valence-electron chi connectivity index (χ3n) is 4.22. The second kappa shape index (κ2) is 7.11. The number of carbonyl (C=O) groups excluding carboxylic acids is 2. The van der Waals surface area contributed by atoms with Crippen LogP contribution in [-0.2, 0) is 22.5 Å².